The van der Waals surface area contributed by atoms with Crippen LogP contribution < -0.4 is 10.5 Å². The molecule has 3 rings (SSSR count). The molecule has 27 heavy (non-hydrogen) atoms. The fourth-order valence-electron chi connectivity index (χ4n) is 3.11. The molecule has 1 aliphatic heterocycles. The number of hydrogen-bond donors (Lipinski definition) is 1. The Kier molecular flexibility index (Phi) is 8.94. The van der Waals surface area contributed by atoms with Crippen LogP contribution in [0.4, 0.5) is 4.39 Å². The topological polar surface area (TPSA) is 68.5 Å². The number of rotatable bonds is 5. The summed E-state index contributed by atoms with van der Waals surface area (Å²) >= 11 is 1.36. The summed E-state index contributed by atoms with van der Waals surface area (Å²) in [7, 11) is 0. The molecule has 1 aromatic carbocycles. The van der Waals surface area contributed by atoms with Crippen molar-refractivity contribution >= 4 is 42.1 Å². The monoisotopic (exact) mass is 435 g/mol. The van der Waals surface area contributed by atoms with E-state index in [1.165, 1.54) is 23.5 Å². The van der Waals surface area contributed by atoms with Crippen molar-refractivity contribution in [2.45, 2.75) is 32.9 Å². The summed E-state index contributed by atoms with van der Waals surface area (Å²) in [5.74, 6) is 0.655. The minimum Gasteiger partial charge on any atom is -0.486 e. The standard InChI is InChI=1S/C18H22FN3O2S.2ClH/c1-11-7-13(8-20)9-22(11)18(23)17-12(2)21-16(25-17)10-24-15-5-3-14(19)4-6-15;;/h3-6,11,13H,7-10,20H2,1-2H3;2*1H. The lowest BCUT2D eigenvalue weighted by molar-refractivity contribution is 0.0747. The van der Waals surface area contributed by atoms with Crippen LogP contribution in [0, 0.1) is 18.7 Å². The molecule has 2 atom stereocenters. The molecule has 5 nitrogen and oxygen atoms in total. The number of aromatic nitrogens is 1. The van der Waals surface area contributed by atoms with E-state index in [9.17, 15) is 9.18 Å². The zero-order valence-electron chi connectivity index (χ0n) is 15.2. The quantitative estimate of drug-likeness (QED) is 0.774. The number of benzene rings is 1. The van der Waals surface area contributed by atoms with Gasteiger partial charge in [0.05, 0.1) is 5.69 Å². The molecule has 1 amide bonds. The number of aryl methyl sites for hydroxylation is 1. The van der Waals surface area contributed by atoms with Gasteiger partial charge in [-0.05, 0) is 57.0 Å². The molecule has 1 aromatic heterocycles. The van der Waals surface area contributed by atoms with Gasteiger partial charge in [0, 0.05) is 12.6 Å². The van der Waals surface area contributed by atoms with Crippen LogP contribution in [-0.4, -0.2) is 34.9 Å². The summed E-state index contributed by atoms with van der Waals surface area (Å²) in [6.07, 6.45) is 0.945. The van der Waals surface area contributed by atoms with Crippen molar-refractivity contribution in [2.24, 2.45) is 11.7 Å². The van der Waals surface area contributed by atoms with E-state index in [2.05, 4.69) is 11.9 Å². The van der Waals surface area contributed by atoms with E-state index < -0.39 is 0 Å². The van der Waals surface area contributed by atoms with Gasteiger partial charge in [0.15, 0.2) is 0 Å². The molecule has 0 bridgehead atoms. The van der Waals surface area contributed by atoms with Crippen LogP contribution >= 0.6 is 36.2 Å². The van der Waals surface area contributed by atoms with Crippen molar-refractivity contribution in [2.75, 3.05) is 13.1 Å². The molecule has 2 aromatic rings. The second-order valence-corrected chi connectivity index (χ2v) is 7.49. The first-order valence-corrected chi connectivity index (χ1v) is 9.15. The zero-order chi connectivity index (χ0) is 18.0. The molecule has 1 aliphatic rings. The van der Waals surface area contributed by atoms with E-state index in [4.69, 9.17) is 10.5 Å². The Labute approximate surface area is 174 Å². The summed E-state index contributed by atoms with van der Waals surface area (Å²) in [6.45, 7) is 5.46. The highest BCUT2D eigenvalue weighted by Crippen LogP contribution is 2.28. The number of hydrogen-bond acceptors (Lipinski definition) is 5. The maximum atomic E-state index is 12.9. The second-order valence-electron chi connectivity index (χ2n) is 6.41. The van der Waals surface area contributed by atoms with E-state index in [1.54, 1.807) is 12.1 Å². The molecule has 0 saturated carbocycles. The predicted molar refractivity (Wildman–Crippen MR) is 110 cm³/mol. The van der Waals surface area contributed by atoms with Crippen molar-refractivity contribution in [3.63, 3.8) is 0 Å². The largest absolute Gasteiger partial charge is 0.486 e. The Hall–Kier alpha value is -1.41. The molecule has 0 radical (unpaired) electrons. The third-order valence-corrected chi connectivity index (χ3v) is 5.59. The SMILES string of the molecule is Cc1nc(COc2ccc(F)cc2)sc1C(=O)N1CC(CN)CC1C.Cl.Cl. The summed E-state index contributed by atoms with van der Waals surface area (Å²) in [5.41, 5.74) is 6.47. The number of halogens is 3. The van der Waals surface area contributed by atoms with Crippen molar-refractivity contribution < 1.29 is 13.9 Å². The normalized spacial score (nSPS) is 18.6. The molecule has 1 fully saturated rings. The molecule has 0 spiro atoms. The zero-order valence-corrected chi connectivity index (χ0v) is 17.6. The number of likely N-dealkylation sites (tertiary alicyclic amines) is 1. The Morgan fingerprint density at radius 3 is 2.63 bits per heavy atom. The molecule has 0 aliphatic carbocycles. The van der Waals surface area contributed by atoms with Crippen LogP contribution in [0.1, 0.15) is 33.7 Å². The van der Waals surface area contributed by atoms with Crippen LogP contribution in [0.3, 0.4) is 0 Å². The lowest BCUT2D eigenvalue weighted by atomic mass is 10.1. The van der Waals surface area contributed by atoms with Crippen molar-refractivity contribution in [3.8, 4) is 5.75 Å². The van der Waals surface area contributed by atoms with E-state index in [0.29, 0.717) is 29.6 Å². The average molecular weight is 436 g/mol. The van der Waals surface area contributed by atoms with Gasteiger partial charge in [0.1, 0.15) is 28.1 Å². The Morgan fingerprint density at radius 1 is 1.37 bits per heavy atom. The third-order valence-electron chi connectivity index (χ3n) is 4.47. The number of thiazole rings is 1. The number of nitrogens with two attached hydrogens (primary N) is 1. The Balaban J connectivity index is 0.00000182. The van der Waals surface area contributed by atoms with Crippen LogP contribution in [0.15, 0.2) is 24.3 Å². The molecule has 1 saturated heterocycles. The second kappa shape index (κ2) is 10.2. The molecular formula is C18H24Cl2FN3O2S. The summed E-state index contributed by atoms with van der Waals surface area (Å²) in [4.78, 5) is 19.8. The number of carbonyl (C=O) groups excluding carboxylic acids is 1. The van der Waals surface area contributed by atoms with Crippen LogP contribution in [0.25, 0.3) is 0 Å². The van der Waals surface area contributed by atoms with Gasteiger partial charge in [-0.25, -0.2) is 9.37 Å². The first-order valence-electron chi connectivity index (χ1n) is 8.33. The predicted octanol–water partition coefficient (Wildman–Crippen LogP) is 3.82. The van der Waals surface area contributed by atoms with Gasteiger partial charge in [0.25, 0.3) is 5.91 Å². The maximum Gasteiger partial charge on any atom is 0.266 e. The molecule has 2 unspecified atom stereocenters. The lowest BCUT2D eigenvalue weighted by Gasteiger charge is -2.20. The van der Waals surface area contributed by atoms with E-state index >= 15 is 0 Å². The van der Waals surface area contributed by atoms with Gasteiger partial charge in [-0.15, -0.1) is 36.2 Å². The minimum atomic E-state index is -0.305. The van der Waals surface area contributed by atoms with Gasteiger partial charge < -0.3 is 15.4 Å². The molecule has 2 heterocycles. The molecule has 150 valence electrons. The first kappa shape index (κ1) is 23.6. The van der Waals surface area contributed by atoms with Gasteiger partial charge >= 0.3 is 0 Å². The van der Waals surface area contributed by atoms with E-state index in [-0.39, 0.29) is 49.2 Å². The van der Waals surface area contributed by atoms with Crippen molar-refractivity contribution in [1.29, 1.82) is 0 Å². The number of ether oxygens (including phenoxy) is 1. The highest BCUT2D eigenvalue weighted by atomic mass is 35.5. The molecular weight excluding hydrogens is 412 g/mol. The van der Waals surface area contributed by atoms with Gasteiger partial charge in [-0.1, -0.05) is 0 Å². The smallest absolute Gasteiger partial charge is 0.266 e. The van der Waals surface area contributed by atoms with Crippen molar-refractivity contribution in [3.05, 3.63) is 45.7 Å². The summed E-state index contributed by atoms with van der Waals surface area (Å²) < 4.78 is 18.5. The maximum absolute atomic E-state index is 12.9. The average Bonchev–Trinajstić information content (AvgIpc) is 3.16. The van der Waals surface area contributed by atoms with Crippen LogP contribution in [0.5, 0.6) is 5.75 Å². The Morgan fingerprint density at radius 2 is 2.04 bits per heavy atom. The van der Waals surface area contributed by atoms with Crippen LogP contribution in [-0.2, 0) is 6.61 Å². The lowest BCUT2D eigenvalue weighted by Crippen LogP contribution is -2.34. The minimum absolute atomic E-state index is 0. The molecule has 2 N–H and O–H groups in total. The van der Waals surface area contributed by atoms with E-state index in [1.807, 2.05) is 11.8 Å². The van der Waals surface area contributed by atoms with E-state index in [0.717, 1.165) is 17.1 Å². The highest BCUT2D eigenvalue weighted by Gasteiger charge is 2.33. The number of nitrogens with zero attached hydrogens (tertiary/aromatic N) is 2. The summed E-state index contributed by atoms with van der Waals surface area (Å²) in [5, 5.41) is 0.729. The highest BCUT2D eigenvalue weighted by molar-refractivity contribution is 7.13. The Bertz CT molecular complexity index is 758. The fraction of sp³-hybridized carbons (Fsp3) is 0.444. The number of carbonyl (C=O) groups is 1. The molecule has 9 heteroatoms. The van der Waals surface area contributed by atoms with Crippen LogP contribution in [0.2, 0.25) is 0 Å². The van der Waals surface area contributed by atoms with Crippen molar-refractivity contribution in [1.82, 2.24) is 9.88 Å². The van der Waals surface area contributed by atoms with Gasteiger partial charge in [-0.3, -0.25) is 4.79 Å². The number of amides is 1. The van der Waals surface area contributed by atoms with Gasteiger partial charge in [0.2, 0.25) is 0 Å². The first-order chi connectivity index (χ1) is 12.0. The summed E-state index contributed by atoms with van der Waals surface area (Å²) in [6, 6.07) is 6.03. The third kappa shape index (κ3) is 5.54. The van der Waals surface area contributed by atoms with Gasteiger partial charge in [-0.2, -0.15) is 0 Å². The fourth-order valence-corrected chi connectivity index (χ4v) is 4.05.